The number of carbonyl (C=O) groups is 1. The van der Waals surface area contributed by atoms with Gasteiger partial charge in [-0.15, -0.1) is 0 Å². The van der Waals surface area contributed by atoms with Crippen LogP contribution in [0.4, 0.5) is 15.9 Å². The second kappa shape index (κ2) is 12.8. The minimum atomic E-state index is -3.22. The molecular weight excluding hydrogens is 595 g/mol. The van der Waals surface area contributed by atoms with Crippen LogP contribution in [0.2, 0.25) is 5.02 Å². The Hall–Kier alpha value is -4.48. The molecule has 0 saturated heterocycles. The summed E-state index contributed by atoms with van der Waals surface area (Å²) in [5, 5.41) is 4.39. The zero-order valence-electron chi connectivity index (χ0n) is 23.4. The molecule has 5 aromatic rings. The van der Waals surface area contributed by atoms with Gasteiger partial charge in [0.1, 0.15) is 51.7 Å². The van der Waals surface area contributed by atoms with Crippen LogP contribution in [0.3, 0.4) is 0 Å². The summed E-state index contributed by atoms with van der Waals surface area (Å²) in [6.45, 7) is 1.80. The summed E-state index contributed by atoms with van der Waals surface area (Å²) in [5.74, 6) is 1.40. The molecule has 0 unspecified atom stereocenters. The van der Waals surface area contributed by atoms with Crippen LogP contribution in [-0.4, -0.2) is 47.7 Å². The SMILES string of the molecule is CC(=O)N(CCS(C)(=O)=O)Cc1ccc(-c2ccc3ncnc(Nc4ccc(OCc5cccc(F)c5)c(Cl)c4)c3c2)o1. The van der Waals surface area contributed by atoms with E-state index in [1.165, 1.54) is 30.3 Å². The summed E-state index contributed by atoms with van der Waals surface area (Å²) in [6, 6.07) is 20.6. The smallest absolute Gasteiger partial charge is 0.219 e. The molecular formula is C31H28ClFN4O5S. The van der Waals surface area contributed by atoms with Gasteiger partial charge in [0.15, 0.2) is 0 Å². The third-order valence-corrected chi connectivity index (χ3v) is 7.80. The summed E-state index contributed by atoms with van der Waals surface area (Å²) in [4.78, 5) is 22.3. The normalized spacial score (nSPS) is 11.4. The summed E-state index contributed by atoms with van der Waals surface area (Å²) < 4.78 is 48.4. The minimum Gasteiger partial charge on any atom is -0.487 e. The van der Waals surface area contributed by atoms with Crippen LogP contribution >= 0.6 is 11.6 Å². The van der Waals surface area contributed by atoms with E-state index in [9.17, 15) is 17.6 Å². The van der Waals surface area contributed by atoms with E-state index in [1.54, 1.807) is 42.5 Å². The second-order valence-electron chi connectivity index (χ2n) is 9.98. The predicted molar refractivity (Wildman–Crippen MR) is 164 cm³/mol. The van der Waals surface area contributed by atoms with Crippen molar-refractivity contribution in [1.82, 2.24) is 14.9 Å². The molecule has 0 saturated carbocycles. The van der Waals surface area contributed by atoms with Crippen molar-refractivity contribution in [2.45, 2.75) is 20.1 Å². The molecule has 1 amide bonds. The van der Waals surface area contributed by atoms with Gasteiger partial charge in [-0.3, -0.25) is 4.79 Å². The fraction of sp³-hybridized carbons (Fsp3) is 0.194. The van der Waals surface area contributed by atoms with Crippen molar-refractivity contribution < 1.29 is 26.8 Å². The van der Waals surface area contributed by atoms with Gasteiger partial charge < -0.3 is 19.4 Å². The Morgan fingerprint density at radius 1 is 1.07 bits per heavy atom. The summed E-state index contributed by atoms with van der Waals surface area (Å²) in [7, 11) is -3.22. The molecule has 0 aliphatic rings. The topological polar surface area (TPSA) is 115 Å². The number of sulfone groups is 1. The van der Waals surface area contributed by atoms with Crippen molar-refractivity contribution in [3.63, 3.8) is 0 Å². The largest absolute Gasteiger partial charge is 0.487 e. The van der Waals surface area contributed by atoms with Crippen LogP contribution in [0.15, 0.2) is 83.5 Å². The molecule has 0 aliphatic heterocycles. The number of hydrogen-bond donors (Lipinski definition) is 1. The Bertz CT molecular complexity index is 1900. The first-order valence-electron chi connectivity index (χ1n) is 13.2. The Kier molecular flexibility index (Phi) is 8.93. The third kappa shape index (κ3) is 7.88. The van der Waals surface area contributed by atoms with Gasteiger partial charge in [0.05, 0.1) is 22.8 Å². The summed E-state index contributed by atoms with van der Waals surface area (Å²) >= 11 is 6.48. The third-order valence-electron chi connectivity index (χ3n) is 6.58. The molecule has 0 atom stereocenters. The predicted octanol–water partition coefficient (Wildman–Crippen LogP) is 6.40. The van der Waals surface area contributed by atoms with Gasteiger partial charge in [-0.25, -0.2) is 22.8 Å². The number of rotatable bonds is 11. The lowest BCUT2D eigenvalue weighted by Crippen LogP contribution is -2.32. The molecule has 0 fully saturated rings. The fourth-order valence-corrected chi connectivity index (χ4v) is 5.15. The van der Waals surface area contributed by atoms with E-state index >= 15 is 0 Å². The van der Waals surface area contributed by atoms with E-state index in [0.29, 0.717) is 44.9 Å². The second-order valence-corrected chi connectivity index (χ2v) is 12.6. The van der Waals surface area contributed by atoms with Crippen molar-refractivity contribution in [3.05, 3.63) is 101 Å². The number of furan rings is 1. The molecule has 0 spiro atoms. The molecule has 1 N–H and O–H groups in total. The molecule has 222 valence electrons. The molecule has 2 aromatic heterocycles. The number of hydrogen-bond acceptors (Lipinski definition) is 8. The van der Waals surface area contributed by atoms with E-state index in [1.807, 2.05) is 18.2 Å². The van der Waals surface area contributed by atoms with E-state index in [-0.39, 0.29) is 37.2 Å². The molecule has 9 nitrogen and oxygen atoms in total. The van der Waals surface area contributed by atoms with Crippen molar-refractivity contribution >= 4 is 49.8 Å². The number of anilines is 2. The summed E-state index contributed by atoms with van der Waals surface area (Å²) in [6.07, 6.45) is 2.60. The number of carbonyl (C=O) groups excluding carboxylic acids is 1. The van der Waals surface area contributed by atoms with Crippen LogP contribution in [0, 0.1) is 5.82 Å². The van der Waals surface area contributed by atoms with Crippen LogP contribution in [0.1, 0.15) is 18.2 Å². The Morgan fingerprint density at radius 3 is 2.65 bits per heavy atom. The van der Waals surface area contributed by atoms with Crippen LogP contribution in [0.5, 0.6) is 5.75 Å². The van der Waals surface area contributed by atoms with Crippen molar-refractivity contribution in [2.24, 2.45) is 0 Å². The lowest BCUT2D eigenvalue weighted by molar-refractivity contribution is -0.129. The van der Waals surface area contributed by atoms with Crippen molar-refractivity contribution in [2.75, 3.05) is 23.9 Å². The van der Waals surface area contributed by atoms with Gasteiger partial charge in [0.2, 0.25) is 5.91 Å². The Labute approximate surface area is 253 Å². The highest BCUT2D eigenvalue weighted by Gasteiger charge is 2.16. The maximum absolute atomic E-state index is 13.5. The number of benzene rings is 3. The number of nitrogens with zero attached hydrogens (tertiary/aromatic N) is 3. The Balaban J connectivity index is 1.32. The lowest BCUT2D eigenvalue weighted by atomic mass is 10.1. The standard InChI is InChI=1S/C31H28ClFN4O5S/c1-20(38)37(12-13-43(2,39)40)17-25-8-11-29(42-25)22-6-9-28-26(15-22)31(35-19-34-28)36-24-7-10-30(27(32)16-24)41-18-21-4-3-5-23(33)14-21/h3-11,14-16,19H,12-13,17-18H2,1-2H3,(H,34,35,36). The highest BCUT2D eigenvalue weighted by Crippen LogP contribution is 2.33. The number of amides is 1. The fourth-order valence-electron chi connectivity index (χ4n) is 4.36. The minimum absolute atomic E-state index is 0.0800. The highest BCUT2D eigenvalue weighted by molar-refractivity contribution is 7.90. The van der Waals surface area contributed by atoms with Crippen molar-refractivity contribution in [1.29, 1.82) is 0 Å². The monoisotopic (exact) mass is 622 g/mol. The van der Waals surface area contributed by atoms with E-state index < -0.39 is 9.84 Å². The number of nitrogens with one attached hydrogen (secondary N) is 1. The van der Waals surface area contributed by atoms with Crippen molar-refractivity contribution in [3.8, 4) is 17.1 Å². The van der Waals surface area contributed by atoms with E-state index in [2.05, 4.69) is 15.3 Å². The van der Waals surface area contributed by atoms with E-state index in [4.69, 9.17) is 20.8 Å². The average molecular weight is 623 g/mol. The zero-order valence-corrected chi connectivity index (χ0v) is 25.0. The van der Waals surface area contributed by atoms with Crippen LogP contribution < -0.4 is 10.1 Å². The quantitative estimate of drug-likeness (QED) is 0.180. The van der Waals surface area contributed by atoms with Crippen LogP contribution in [0.25, 0.3) is 22.2 Å². The first-order chi connectivity index (χ1) is 20.5. The molecule has 0 aliphatic carbocycles. The lowest BCUT2D eigenvalue weighted by Gasteiger charge is -2.19. The molecule has 3 aromatic carbocycles. The maximum Gasteiger partial charge on any atom is 0.219 e. The molecule has 43 heavy (non-hydrogen) atoms. The first-order valence-corrected chi connectivity index (χ1v) is 15.7. The number of fused-ring (bicyclic) bond motifs is 1. The number of aromatic nitrogens is 2. The number of halogens is 2. The first kappa shape index (κ1) is 30.0. The molecule has 12 heteroatoms. The van der Waals surface area contributed by atoms with Crippen LogP contribution in [-0.2, 0) is 27.8 Å². The number of ether oxygens (including phenoxy) is 1. The van der Waals surface area contributed by atoms with Gasteiger partial charge in [-0.2, -0.15) is 0 Å². The molecule has 5 rings (SSSR count). The Morgan fingerprint density at radius 2 is 1.91 bits per heavy atom. The highest BCUT2D eigenvalue weighted by atomic mass is 35.5. The average Bonchev–Trinajstić information content (AvgIpc) is 3.43. The molecule has 0 bridgehead atoms. The zero-order chi connectivity index (χ0) is 30.6. The molecule has 0 radical (unpaired) electrons. The van der Waals surface area contributed by atoms with Gasteiger partial charge in [0, 0.05) is 36.4 Å². The van der Waals surface area contributed by atoms with Gasteiger partial charge in [-0.05, 0) is 66.2 Å². The molecule has 2 heterocycles. The van der Waals surface area contributed by atoms with Gasteiger partial charge >= 0.3 is 0 Å². The van der Waals surface area contributed by atoms with Gasteiger partial charge in [-0.1, -0.05) is 23.7 Å². The van der Waals surface area contributed by atoms with Gasteiger partial charge in [0.25, 0.3) is 0 Å². The summed E-state index contributed by atoms with van der Waals surface area (Å²) in [5.41, 5.74) is 2.83. The maximum atomic E-state index is 13.5. The van der Waals surface area contributed by atoms with E-state index in [0.717, 1.165) is 17.2 Å².